The maximum Gasteiger partial charge on any atom is 0.253 e. The highest BCUT2D eigenvalue weighted by atomic mass is 35.5. The van der Waals surface area contributed by atoms with E-state index >= 15 is 0 Å². The van der Waals surface area contributed by atoms with Gasteiger partial charge in [0.2, 0.25) is 0 Å². The predicted octanol–water partition coefficient (Wildman–Crippen LogP) is 8.44. The van der Waals surface area contributed by atoms with Crippen LogP contribution in [0.25, 0.3) is 0 Å². The number of benzene rings is 3. The quantitative estimate of drug-likeness (QED) is 0.198. The topological polar surface area (TPSA) is 58.2 Å². The fourth-order valence-corrected chi connectivity index (χ4v) is 6.31. The van der Waals surface area contributed by atoms with Gasteiger partial charge in [0.05, 0.1) is 16.0 Å². The summed E-state index contributed by atoms with van der Waals surface area (Å²) < 4.78 is -1.36. The fraction of sp³-hybridized carbons (Fsp3) is 0.310. The van der Waals surface area contributed by atoms with Crippen LogP contribution in [0.1, 0.15) is 53.7 Å². The van der Waals surface area contributed by atoms with Gasteiger partial charge in [-0.25, -0.2) is 0 Å². The van der Waals surface area contributed by atoms with Crippen molar-refractivity contribution >= 4 is 75.9 Å². The van der Waals surface area contributed by atoms with E-state index in [-0.39, 0.29) is 17.9 Å². The molecule has 0 spiro atoms. The Morgan fingerprint density at radius 2 is 1.58 bits per heavy atom. The summed E-state index contributed by atoms with van der Waals surface area (Å²) >= 11 is 31.8. The molecule has 9 heteroatoms. The first kappa shape index (κ1) is 29.0. The Kier molecular flexibility index (Phi) is 8.33. The molecule has 200 valence electrons. The maximum absolute atomic E-state index is 12.9. The molecule has 1 amide bonds. The van der Waals surface area contributed by atoms with Gasteiger partial charge in [0.15, 0.2) is 0 Å². The normalized spacial score (nSPS) is 20.1. The van der Waals surface area contributed by atoms with Gasteiger partial charge in [-0.15, -0.1) is 0 Å². The number of carbonyl (C=O) groups excluding carboxylic acids is 2. The summed E-state index contributed by atoms with van der Waals surface area (Å²) in [5.41, 5.74) is 2.70. The van der Waals surface area contributed by atoms with Crippen molar-refractivity contribution in [2.24, 2.45) is 5.41 Å². The van der Waals surface area contributed by atoms with E-state index in [9.17, 15) is 9.59 Å². The first-order valence-corrected chi connectivity index (χ1v) is 13.9. The van der Waals surface area contributed by atoms with Crippen molar-refractivity contribution in [3.8, 4) is 0 Å². The Hall–Kier alpha value is -1.95. The van der Waals surface area contributed by atoms with E-state index in [0.717, 1.165) is 11.8 Å². The Balaban J connectivity index is 1.45. The van der Waals surface area contributed by atoms with E-state index in [2.05, 4.69) is 43.5 Å². The first-order chi connectivity index (χ1) is 17.8. The number of amides is 1. The molecule has 1 aliphatic carbocycles. The van der Waals surface area contributed by atoms with Gasteiger partial charge in [-0.2, -0.15) is 0 Å². The number of aldehydes is 1. The maximum atomic E-state index is 12.9. The number of alkyl halides is 2. The number of hydrogen-bond acceptors (Lipinski definition) is 3. The third-order valence-electron chi connectivity index (χ3n) is 6.91. The number of carbonyl (C=O) groups is 2. The molecule has 2 atom stereocenters. The molecule has 38 heavy (non-hydrogen) atoms. The zero-order valence-electron chi connectivity index (χ0n) is 21.0. The van der Waals surface area contributed by atoms with Crippen LogP contribution in [0, 0.1) is 5.41 Å². The number of nitrogens with one attached hydrogen (secondary N) is 2. The van der Waals surface area contributed by atoms with Crippen LogP contribution in [0.5, 0.6) is 0 Å². The van der Waals surface area contributed by atoms with Gasteiger partial charge in [-0.05, 0) is 58.5 Å². The molecule has 1 fully saturated rings. The third-order valence-corrected chi connectivity index (χ3v) is 8.82. The standard InChI is InChI=1S/C29H27Cl5N2O2/c1-27(2,3)19-6-4-17(5-7-19)14-35-26(38)23-13-22(8-9-24(23)32)36-15-28(16-37)25(29(28,33)34)18-10-20(30)12-21(31)11-18/h4-13,16,25,36H,14-15H2,1-3H3,(H,35,38). The van der Waals surface area contributed by atoms with Crippen LogP contribution >= 0.6 is 58.0 Å². The fourth-order valence-electron chi connectivity index (χ4n) is 4.59. The van der Waals surface area contributed by atoms with E-state index in [1.807, 2.05) is 12.1 Å². The average molecular weight is 613 g/mol. The Labute approximate surface area is 247 Å². The first-order valence-electron chi connectivity index (χ1n) is 12.0. The van der Waals surface area contributed by atoms with E-state index in [0.29, 0.717) is 38.4 Å². The molecule has 2 N–H and O–H groups in total. The van der Waals surface area contributed by atoms with Crippen LogP contribution in [0.3, 0.4) is 0 Å². The molecule has 4 nitrogen and oxygen atoms in total. The number of halogens is 5. The minimum absolute atomic E-state index is 0.0550. The second-order valence-corrected chi connectivity index (χ2v) is 13.3. The highest BCUT2D eigenvalue weighted by Gasteiger charge is 2.76. The van der Waals surface area contributed by atoms with Crippen molar-refractivity contribution in [3.63, 3.8) is 0 Å². The van der Waals surface area contributed by atoms with E-state index in [1.165, 1.54) is 5.56 Å². The molecule has 0 heterocycles. The third kappa shape index (κ3) is 5.80. The largest absolute Gasteiger partial charge is 0.384 e. The minimum atomic E-state index is -1.36. The van der Waals surface area contributed by atoms with E-state index in [4.69, 9.17) is 58.0 Å². The highest BCUT2D eigenvalue weighted by Crippen LogP contribution is 2.73. The van der Waals surface area contributed by atoms with Crippen molar-refractivity contribution in [3.05, 3.63) is 98.0 Å². The van der Waals surface area contributed by atoms with Crippen molar-refractivity contribution in [1.82, 2.24) is 5.32 Å². The highest BCUT2D eigenvalue weighted by molar-refractivity contribution is 6.54. The van der Waals surface area contributed by atoms with Crippen LogP contribution < -0.4 is 10.6 Å². The van der Waals surface area contributed by atoms with Crippen LogP contribution in [0.15, 0.2) is 60.7 Å². The summed E-state index contributed by atoms with van der Waals surface area (Å²) in [6.07, 6.45) is 0.758. The van der Waals surface area contributed by atoms with Gasteiger partial charge < -0.3 is 15.4 Å². The zero-order valence-corrected chi connectivity index (χ0v) is 24.8. The lowest BCUT2D eigenvalue weighted by atomic mass is 9.87. The SMILES string of the molecule is CC(C)(C)c1ccc(CNC(=O)c2cc(NCC3(C=O)C(c4cc(Cl)cc(Cl)c4)C3(Cl)Cl)ccc2Cl)cc1. The summed E-state index contributed by atoms with van der Waals surface area (Å²) in [6, 6.07) is 18.1. The average Bonchev–Trinajstić information content (AvgIpc) is 3.35. The number of hydrogen-bond donors (Lipinski definition) is 2. The van der Waals surface area contributed by atoms with E-state index < -0.39 is 15.7 Å². The molecule has 3 aromatic rings. The van der Waals surface area contributed by atoms with Crippen molar-refractivity contribution in [1.29, 1.82) is 0 Å². The smallest absolute Gasteiger partial charge is 0.253 e. The van der Waals surface area contributed by atoms with Crippen LogP contribution in [0.4, 0.5) is 5.69 Å². The van der Waals surface area contributed by atoms with Gasteiger partial charge in [0, 0.05) is 34.7 Å². The molecule has 2 unspecified atom stereocenters. The summed E-state index contributed by atoms with van der Waals surface area (Å²) in [4.78, 5) is 25.2. The molecule has 0 aliphatic heterocycles. The van der Waals surface area contributed by atoms with Gasteiger partial charge in [-0.1, -0.05) is 103 Å². The molecule has 0 radical (unpaired) electrons. The minimum Gasteiger partial charge on any atom is -0.384 e. The lowest BCUT2D eigenvalue weighted by Gasteiger charge is -2.19. The molecular weight excluding hydrogens is 586 g/mol. The monoisotopic (exact) mass is 610 g/mol. The number of anilines is 1. The molecule has 1 aliphatic rings. The van der Waals surface area contributed by atoms with Gasteiger partial charge in [0.25, 0.3) is 5.91 Å². The summed E-state index contributed by atoms with van der Waals surface area (Å²) in [5.74, 6) is -0.829. The summed E-state index contributed by atoms with van der Waals surface area (Å²) in [5, 5.41) is 7.27. The van der Waals surface area contributed by atoms with Gasteiger partial charge in [-0.3, -0.25) is 4.79 Å². The van der Waals surface area contributed by atoms with Crippen LogP contribution in [0.2, 0.25) is 15.1 Å². The molecule has 4 rings (SSSR count). The molecule has 1 saturated carbocycles. The van der Waals surface area contributed by atoms with Crippen molar-refractivity contribution < 1.29 is 9.59 Å². The van der Waals surface area contributed by atoms with Crippen molar-refractivity contribution in [2.45, 2.75) is 43.0 Å². The summed E-state index contributed by atoms with van der Waals surface area (Å²) in [6.45, 7) is 6.94. The van der Waals surface area contributed by atoms with Crippen molar-refractivity contribution in [2.75, 3.05) is 11.9 Å². The predicted molar refractivity (Wildman–Crippen MR) is 158 cm³/mol. The Morgan fingerprint density at radius 1 is 0.947 bits per heavy atom. The Bertz CT molecular complexity index is 1350. The Morgan fingerprint density at radius 3 is 2.16 bits per heavy atom. The lowest BCUT2D eigenvalue weighted by Crippen LogP contribution is -2.25. The van der Waals surface area contributed by atoms with Gasteiger partial charge in [0.1, 0.15) is 10.6 Å². The second-order valence-electron chi connectivity index (χ2n) is 10.6. The van der Waals surface area contributed by atoms with Gasteiger partial charge >= 0.3 is 0 Å². The molecule has 3 aromatic carbocycles. The van der Waals surface area contributed by atoms with Crippen LogP contribution in [-0.2, 0) is 16.8 Å². The lowest BCUT2D eigenvalue weighted by molar-refractivity contribution is -0.112. The van der Waals surface area contributed by atoms with Crippen LogP contribution in [-0.4, -0.2) is 23.1 Å². The second kappa shape index (κ2) is 10.9. The zero-order chi connectivity index (χ0) is 27.9. The molecule has 0 bridgehead atoms. The summed E-state index contributed by atoms with van der Waals surface area (Å²) in [7, 11) is 0. The molecule has 0 saturated heterocycles. The molecular formula is C29H27Cl5N2O2. The number of rotatable bonds is 8. The van der Waals surface area contributed by atoms with E-state index in [1.54, 1.807) is 36.4 Å². The molecule has 0 aromatic heterocycles.